The van der Waals surface area contributed by atoms with Crippen LogP contribution in [0.1, 0.15) is 45.7 Å². The average Bonchev–Trinajstić information content (AvgIpc) is 2.53. The fourth-order valence-electron chi connectivity index (χ4n) is 2.00. The summed E-state index contributed by atoms with van der Waals surface area (Å²) in [6.07, 6.45) is 5.05. The van der Waals surface area contributed by atoms with E-state index in [1.165, 1.54) is 5.56 Å². The van der Waals surface area contributed by atoms with Crippen LogP contribution in [0.15, 0.2) is 12.4 Å². The van der Waals surface area contributed by atoms with E-state index in [0.717, 1.165) is 6.42 Å². The van der Waals surface area contributed by atoms with Crippen LogP contribution in [0.5, 0.6) is 0 Å². The van der Waals surface area contributed by atoms with Gasteiger partial charge in [-0.3, -0.25) is 4.68 Å². The molecule has 2 rings (SSSR count). The summed E-state index contributed by atoms with van der Waals surface area (Å²) in [5.41, 5.74) is 7.58. The summed E-state index contributed by atoms with van der Waals surface area (Å²) in [5.74, 6) is 0. The molecule has 0 radical (unpaired) electrons. The maximum absolute atomic E-state index is 6.31. The summed E-state index contributed by atoms with van der Waals surface area (Å²) in [6.45, 7) is 8.66. The summed E-state index contributed by atoms with van der Waals surface area (Å²) >= 11 is 0. The number of hydrogen-bond donors (Lipinski definition) is 1. The molecular formula is C11H19N3. The number of nitrogens with two attached hydrogens (primary N) is 1. The zero-order valence-electron chi connectivity index (χ0n) is 9.41. The second-order valence-corrected chi connectivity index (χ2v) is 5.33. The van der Waals surface area contributed by atoms with E-state index in [4.69, 9.17) is 5.73 Å². The largest absolute Gasteiger partial charge is 0.321 e. The molecule has 1 fully saturated rings. The van der Waals surface area contributed by atoms with E-state index in [2.05, 4.69) is 39.0 Å². The van der Waals surface area contributed by atoms with Gasteiger partial charge in [0, 0.05) is 23.3 Å². The number of nitrogens with zero attached hydrogens (tertiary/aromatic N) is 2. The second-order valence-electron chi connectivity index (χ2n) is 5.33. The van der Waals surface area contributed by atoms with Gasteiger partial charge in [-0.2, -0.15) is 5.10 Å². The molecule has 1 aliphatic rings. The smallest absolute Gasteiger partial charge is 0.0540 e. The Balaban J connectivity index is 2.27. The predicted molar refractivity (Wildman–Crippen MR) is 56.9 cm³/mol. The van der Waals surface area contributed by atoms with Crippen molar-refractivity contribution in [3.63, 3.8) is 0 Å². The van der Waals surface area contributed by atoms with Gasteiger partial charge in [-0.15, -0.1) is 0 Å². The molecule has 0 bridgehead atoms. The van der Waals surface area contributed by atoms with E-state index in [-0.39, 0.29) is 11.0 Å². The number of aromatic nitrogens is 2. The van der Waals surface area contributed by atoms with Crippen LogP contribution in [-0.2, 0) is 5.54 Å². The molecule has 14 heavy (non-hydrogen) atoms. The van der Waals surface area contributed by atoms with Crippen molar-refractivity contribution in [1.82, 2.24) is 9.78 Å². The minimum atomic E-state index is -0.139. The second kappa shape index (κ2) is 2.60. The van der Waals surface area contributed by atoms with Crippen molar-refractivity contribution in [3.8, 4) is 0 Å². The molecule has 1 aromatic rings. The van der Waals surface area contributed by atoms with Gasteiger partial charge in [0.05, 0.1) is 6.20 Å². The lowest BCUT2D eigenvalue weighted by Gasteiger charge is -2.12. The van der Waals surface area contributed by atoms with Gasteiger partial charge < -0.3 is 5.73 Å². The van der Waals surface area contributed by atoms with Gasteiger partial charge in [0.25, 0.3) is 0 Å². The first-order valence-electron chi connectivity index (χ1n) is 5.20. The van der Waals surface area contributed by atoms with Crippen LogP contribution < -0.4 is 5.73 Å². The quantitative estimate of drug-likeness (QED) is 0.781. The molecule has 3 heteroatoms. The highest BCUT2D eigenvalue weighted by Crippen LogP contribution is 2.60. The molecular weight excluding hydrogens is 174 g/mol. The normalized spacial score (nSPS) is 29.6. The SMILES string of the molecule is CC(C)n1cc(C2(N)CC2(C)C)cn1. The Morgan fingerprint density at radius 1 is 1.50 bits per heavy atom. The summed E-state index contributed by atoms with van der Waals surface area (Å²) in [6, 6.07) is 0.411. The highest BCUT2D eigenvalue weighted by molar-refractivity contribution is 5.31. The van der Waals surface area contributed by atoms with Crippen molar-refractivity contribution in [3.05, 3.63) is 18.0 Å². The van der Waals surface area contributed by atoms with Crippen molar-refractivity contribution >= 4 is 0 Å². The van der Waals surface area contributed by atoms with E-state index < -0.39 is 0 Å². The fraction of sp³-hybridized carbons (Fsp3) is 0.727. The lowest BCUT2D eigenvalue weighted by molar-refractivity contribution is 0.504. The zero-order chi connectivity index (χ0) is 10.6. The van der Waals surface area contributed by atoms with Crippen LogP contribution >= 0.6 is 0 Å². The van der Waals surface area contributed by atoms with Crippen LogP contribution in [0.25, 0.3) is 0 Å². The summed E-state index contributed by atoms with van der Waals surface area (Å²) in [7, 11) is 0. The molecule has 0 aliphatic heterocycles. The van der Waals surface area contributed by atoms with E-state index in [1.54, 1.807) is 0 Å². The molecule has 1 atom stereocenters. The van der Waals surface area contributed by atoms with Gasteiger partial charge in [-0.05, 0) is 25.7 Å². The highest BCUT2D eigenvalue weighted by atomic mass is 15.3. The van der Waals surface area contributed by atoms with Gasteiger partial charge in [0.1, 0.15) is 0 Å². The Morgan fingerprint density at radius 2 is 2.07 bits per heavy atom. The molecule has 3 nitrogen and oxygen atoms in total. The molecule has 1 heterocycles. The van der Waals surface area contributed by atoms with Gasteiger partial charge in [-0.1, -0.05) is 13.8 Å². The Hall–Kier alpha value is -0.830. The highest BCUT2D eigenvalue weighted by Gasteiger charge is 2.60. The van der Waals surface area contributed by atoms with Gasteiger partial charge in [0.2, 0.25) is 0 Å². The molecule has 0 aromatic carbocycles. The third-order valence-electron chi connectivity index (χ3n) is 3.45. The Bertz CT molecular complexity index is 351. The predicted octanol–water partition coefficient (Wildman–Crippen LogP) is 2.05. The molecule has 2 N–H and O–H groups in total. The summed E-state index contributed by atoms with van der Waals surface area (Å²) < 4.78 is 1.97. The monoisotopic (exact) mass is 193 g/mol. The lowest BCUT2D eigenvalue weighted by Crippen LogP contribution is -2.24. The number of hydrogen-bond acceptors (Lipinski definition) is 2. The third-order valence-corrected chi connectivity index (χ3v) is 3.45. The van der Waals surface area contributed by atoms with Crippen LogP contribution in [-0.4, -0.2) is 9.78 Å². The Kier molecular flexibility index (Phi) is 1.80. The fourth-order valence-corrected chi connectivity index (χ4v) is 2.00. The Labute approximate surface area is 85.3 Å². The topological polar surface area (TPSA) is 43.8 Å². The van der Waals surface area contributed by atoms with Crippen molar-refractivity contribution in [2.45, 2.75) is 45.7 Å². The average molecular weight is 193 g/mol. The van der Waals surface area contributed by atoms with E-state index in [9.17, 15) is 0 Å². The van der Waals surface area contributed by atoms with Crippen molar-refractivity contribution in [1.29, 1.82) is 0 Å². The van der Waals surface area contributed by atoms with E-state index >= 15 is 0 Å². The molecule has 1 saturated carbocycles. The summed E-state index contributed by atoms with van der Waals surface area (Å²) in [5, 5.41) is 4.32. The standard InChI is InChI=1S/C11H19N3/c1-8(2)14-6-9(5-13-14)11(12)7-10(11,3)4/h5-6,8H,7,12H2,1-4H3. The molecule has 1 aliphatic carbocycles. The molecule has 1 aromatic heterocycles. The maximum Gasteiger partial charge on any atom is 0.0540 e. The van der Waals surface area contributed by atoms with Gasteiger partial charge in [-0.25, -0.2) is 0 Å². The van der Waals surface area contributed by atoms with E-state index in [0.29, 0.717) is 6.04 Å². The molecule has 0 spiro atoms. The summed E-state index contributed by atoms with van der Waals surface area (Å²) in [4.78, 5) is 0. The van der Waals surface area contributed by atoms with Crippen molar-refractivity contribution in [2.75, 3.05) is 0 Å². The number of rotatable bonds is 2. The Morgan fingerprint density at radius 3 is 2.43 bits per heavy atom. The van der Waals surface area contributed by atoms with Crippen molar-refractivity contribution in [2.24, 2.45) is 11.1 Å². The maximum atomic E-state index is 6.31. The third kappa shape index (κ3) is 1.19. The first-order chi connectivity index (χ1) is 6.37. The van der Waals surface area contributed by atoms with E-state index in [1.807, 2.05) is 10.9 Å². The first-order valence-corrected chi connectivity index (χ1v) is 5.20. The van der Waals surface area contributed by atoms with Crippen LogP contribution in [0.3, 0.4) is 0 Å². The van der Waals surface area contributed by atoms with Gasteiger partial charge in [0.15, 0.2) is 0 Å². The lowest BCUT2D eigenvalue weighted by atomic mass is 10.0. The molecule has 78 valence electrons. The zero-order valence-corrected chi connectivity index (χ0v) is 9.41. The molecule has 0 amide bonds. The first kappa shape index (κ1) is 9.71. The molecule has 1 unspecified atom stereocenters. The van der Waals surface area contributed by atoms with Gasteiger partial charge >= 0.3 is 0 Å². The van der Waals surface area contributed by atoms with Crippen LogP contribution in [0.4, 0.5) is 0 Å². The van der Waals surface area contributed by atoms with Crippen molar-refractivity contribution < 1.29 is 0 Å². The minimum Gasteiger partial charge on any atom is -0.321 e. The molecule has 0 saturated heterocycles. The van der Waals surface area contributed by atoms with Crippen LogP contribution in [0, 0.1) is 5.41 Å². The minimum absolute atomic E-state index is 0.139. The van der Waals surface area contributed by atoms with Crippen LogP contribution in [0.2, 0.25) is 0 Å².